The molecule has 0 saturated heterocycles. The normalized spacial score (nSPS) is 14.0. The molecule has 0 aliphatic carbocycles. The monoisotopic (exact) mass is 229 g/mol. The summed E-state index contributed by atoms with van der Waals surface area (Å²) < 4.78 is 0. The first kappa shape index (κ1) is 14.9. The van der Waals surface area contributed by atoms with Crippen LogP contribution in [0.3, 0.4) is 0 Å². The molecule has 0 aromatic heterocycles. The van der Waals surface area contributed by atoms with Crippen molar-refractivity contribution in [2.75, 3.05) is 6.54 Å². The molecule has 1 unspecified atom stereocenters. The Balaban J connectivity index is 3.66. The minimum Gasteiger partial charge on any atom is -0.354 e. The van der Waals surface area contributed by atoms with Gasteiger partial charge in [0.25, 0.3) is 0 Å². The Bertz CT molecular complexity index is 231. The van der Waals surface area contributed by atoms with Gasteiger partial charge >= 0.3 is 0 Å². The zero-order chi connectivity index (χ0) is 12.6. The maximum absolute atomic E-state index is 11.3. The molecule has 0 rings (SSSR count). The number of nitrogens with two attached hydrogens (primary N) is 1. The molecule has 0 heterocycles. The molecule has 4 N–H and O–H groups in total. The third kappa shape index (κ3) is 6.40. The summed E-state index contributed by atoms with van der Waals surface area (Å²) in [4.78, 5) is 22.6. The lowest BCUT2D eigenvalue weighted by Gasteiger charge is -2.12. The average Bonchev–Trinajstić information content (AvgIpc) is 2.27. The number of nitrogens with one attached hydrogen (secondary N) is 2. The van der Waals surface area contributed by atoms with Crippen LogP contribution in [-0.2, 0) is 9.59 Å². The Morgan fingerprint density at radius 3 is 2.38 bits per heavy atom. The molecule has 0 aromatic carbocycles. The van der Waals surface area contributed by atoms with Gasteiger partial charge in [0.1, 0.15) is 0 Å². The molecule has 0 aromatic rings. The molecular weight excluding hydrogens is 206 g/mol. The van der Waals surface area contributed by atoms with E-state index in [4.69, 9.17) is 5.73 Å². The van der Waals surface area contributed by atoms with E-state index in [0.29, 0.717) is 19.4 Å². The van der Waals surface area contributed by atoms with Gasteiger partial charge < -0.3 is 16.4 Å². The van der Waals surface area contributed by atoms with Crippen molar-refractivity contribution in [3.63, 3.8) is 0 Å². The van der Waals surface area contributed by atoms with Crippen molar-refractivity contribution in [3.8, 4) is 0 Å². The van der Waals surface area contributed by atoms with E-state index in [9.17, 15) is 9.59 Å². The Hall–Kier alpha value is -1.10. The lowest BCUT2D eigenvalue weighted by molar-refractivity contribution is -0.123. The zero-order valence-corrected chi connectivity index (χ0v) is 10.4. The van der Waals surface area contributed by atoms with Crippen LogP contribution >= 0.6 is 0 Å². The summed E-state index contributed by atoms with van der Waals surface area (Å²) in [6.45, 7) is 6.14. The van der Waals surface area contributed by atoms with E-state index in [1.54, 1.807) is 0 Å². The standard InChI is InChI=1S/C11H23N3O2/c1-4-8(3)14-10(15)6-7-13-11(16)9(12)5-2/h8-9H,4-7,12H2,1-3H3,(H,13,16)(H,14,15)/t8?,9-/m0/s1. The molecule has 0 bridgehead atoms. The Morgan fingerprint density at radius 1 is 1.25 bits per heavy atom. The van der Waals surface area contributed by atoms with Crippen molar-refractivity contribution in [2.24, 2.45) is 5.73 Å². The molecule has 0 aliphatic rings. The summed E-state index contributed by atoms with van der Waals surface area (Å²) in [7, 11) is 0. The second kappa shape index (κ2) is 8.10. The van der Waals surface area contributed by atoms with Crippen LogP contribution in [0.5, 0.6) is 0 Å². The molecule has 0 aliphatic heterocycles. The topological polar surface area (TPSA) is 84.2 Å². The Kier molecular flexibility index (Phi) is 7.54. The van der Waals surface area contributed by atoms with Gasteiger partial charge in [0.05, 0.1) is 6.04 Å². The molecule has 0 spiro atoms. The molecule has 0 fully saturated rings. The lowest BCUT2D eigenvalue weighted by Crippen LogP contribution is -2.42. The average molecular weight is 229 g/mol. The Morgan fingerprint density at radius 2 is 1.88 bits per heavy atom. The van der Waals surface area contributed by atoms with E-state index in [1.165, 1.54) is 0 Å². The van der Waals surface area contributed by atoms with Gasteiger partial charge in [0, 0.05) is 19.0 Å². The number of carbonyl (C=O) groups excluding carboxylic acids is 2. The number of rotatable bonds is 7. The van der Waals surface area contributed by atoms with Gasteiger partial charge in [0.2, 0.25) is 11.8 Å². The predicted molar refractivity (Wildman–Crippen MR) is 63.8 cm³/mol. The summed E-state index contributed by atoms with van der Waals surface area (Å²) in [6, 6.07) is -0.293. The summed E-state index contributed by atoms with van der Waals surface area (Å²) >= 11 is 0. The largest absolute Gasteiger partial charge is 0.354 e. The van der Waals surface area contributed by atoms with E-state index in [-0.39, 0.29) is 17.9 Å². The third-order valence-electron chi connectivity index (χ3n) is 2.45. The van der Waals surface area contributed by atoms with E-state index >= 15 is 0 Å². The molecule has 0 saturated carbocycles. The lowest BCUT2D eigenvalue weighted by atomic mass is 10.2. The highest BCUT2D eigenvalue weighted by Gasteiger charge is 2.11. The first-order valence-corrected chi connectivity index (χ1v) is 5.83. The summed E-state index contributed by atoms with van der Waals surface area (Å²) in [5.41, 5.74) is 5.52. The second-order valence-corrected chi connectivity index (χ2v) is 3.93. The van der Waals surface area contributed by atoms with Crippen molar-refractivity contribution < 1.29 is 9.59 Å². The molecule has 0 radical (unpaired) electrons. The van der Waals surface area contributed by atoms with Crippen molar-refractivity contribution in [1.82, 2.24) is 10.6 Å². The number of hydrogen-bond donors (Lipinski definition) is 3. The van der Waals surface area contributed by atoms with Crippen LogP contribution in [0.25, 0.3) is 0 Å². The van der Waals surface area contributed by atoms with Gasteiger partial charge in [-0.25, -0.2) is 0 Å². The fourth-order valence-corrected chi connectivity index (χ4v) is 1.06. The smallest absolute Gasteiger partial charge is 0.236 e. The van der Waals surface area contributed by atoms with Crippen molar-refractivity contribution in [2.45, 2.75) is 52.1 Å². The van der Waals surface area contributed by atoms with Crippen LogP contribution < -0.4 is 16.4 Å². The zero-order valence-electron chi connectivity index (χ0n) is 10.4. The van der Waals surface area contributed by atoms with Gasteiger partial charge in [0.15, 0.2) is 0 Å². The van der Waals surface area contributed by atoms with E-state index in [2.05, 4.69) is 10.6 Å². The maximum atomic E-state index is 11.3. The first-order chi connectivity index (χ1) is 7.51. The van der Waals surface area contributed by atoms with Crippen LogP contribution in [0.4, 0.5) is 0 Å². The first-order valence-electron chi connectivity index (χ1n) is 5.83. The minimum atomic E-state index is -0.474. The predicted octanol–water partition coefficient (Wildman–Crippen LogP) is 0.145. The summed E-state index contributed by atoms with van der Waals surface area (Å²) in [6.07, 6.45) is 1.80. The van der Waals surface area contributed by atoms with Gasteiger partial charge in [-0.1, -0.05) is 13.8 Å². The van der Waals surface area contributed by atoms with Crippen LogP contribution in [0, 0.1) is 0 Å². The van der Waals surface area contributed by atoms with Crippen molar-refractivity contribution in [1.29, 1.82) is 0 Å². The summed E-state index contributed by atoms with van der Waals surface area (Å²) in [5, 5.41) is 5.46. The third-order valence-corrected chi connectivity index (χ3v) is 2.45. The minimum absolute atomic E-state index is 0.0419. The highest BCUT2D eigenvalue weighted by Crippen LogP contribution is 1.90. The second-order valence-electron chi connectivity index (χ2n) is 3.93. The fraction of sp³-hybridized carbons (Fsp3) is 0.818. The van der Waals surface area contributed by atoms with E-state index in [1.807, 2.05) is 20.8 Å². The number of hydrogen-bond acceptors (Lipinski definition) is 3. The van der Waals surface area contributed by atoms with Crippen molar-refractivity contribution in [3.05, 3.63) is 0 Å². The molecule has 5 nitrogen and oxygen atoms in total. The molecule has 2 atom stereocenters. The molecule has 94 valence electrons. The SMILES string of the molecule is CCC(C)NC(=O)CCNC(=O)[C@@H](N)CC. The molecule has 5 heteroatoms. The quantitative estimate of drug-likeness (QED) is 0.581. The van der Waals surface area contributed by atoms with Crippen LogP contribution in [0.1, 0.15) is 40.0 Å². The fourth-order valence-electron chi connectivity index (χ4n) is 1.06. The van der Waals surface area contributed by atoms with Gasteiger partial charge in [-0.2, -0.15) is 0 Å². The highest BCUT2D eigenvalue weighted by molar-refractivity contribution is 5.82. The number of carbonyl (C=O) groups is 2. The number of amides is 2. The van der Waals surface area contributed by atoms with Gasteiger partial charge in [-0.05, 0) is 19.8 Å². The maximum Gasteiger partial charge on any atom is 0.236 e. The van der Waals surface area contributed by atoms with Gasteiger partial charge in [-0.15, -0.1) is 0 Å². The molecular formula is C11H23N3O2. The van der Waals surface area contributed by atoms with E-state index in [0.717, 1.165) is 6.42 Å². The van der Waals surface area contributed by atoms with Crippen LogP contribution in [0.15, 0.2) is 0 Å². The van der Waals surface area contributed by atoms with E-state index < -0.39 is 6.04 Å². The van der Waals surface area contributed by atoms with Crippen LogP contribution in [0.2, 0.25) is 0 Å². The molecule has 2 amide bonds. The highest BCUT2D eigenvalue weighted by atomic mass is 16.2. The van der Waals surface area contributed by atoms with Crippen molar-refractivity contribution >= 4 is 11.8 Å². The van der Waals surface area contributed by atoms with Gasteiger partial charge in [-0.3, -0.25) is 9.59 Å². The van der Waals surface area contributed by atoms with Crippen LogP contribution in [-0.4, -0.2) is 30.4 Å². The summed E-state index contributed by atoms with van der Waals surface area (Å²) in [5.74, 6) is -0.237. The Labute approximate surface area is 97.2 Å². The molecule has 16 heavy (non-hydrogen) atoms.